The molecule has 7 nitrogen and oxygen atoms in total. The van der Waals surface area contributed by atoms with Crippen molar-refractivity contribution in [3.63, 3.8) is 0 Å². The van der Waals surface area contributed by atoms with E-state index in [2.05, 4.69) is 0 Å². The topological polar surface area (TPSA) is 76.1 Å². The van der Waals surface area contributed by atoms with E-state index in [-0.39, 0.29) is 18.1 Å². The summed E-state index contributed by atoms with van der Waals surface area (Å²) >= 11 is 0. The van der Waals surface area contributed by atoms with Gasteiger partial charge in [0.15, 0.2) is 0 Å². The van der Waals surface area contributed by atoms with Crippen LogP contribution in [0.15, 0.2) is 42.5 Å². The first-order chi connectivity index (χ1) is 16.2. The third-order valence-corrected chi connectivity index (χ3v) is 9.17. The molecular formula is C26H34N2O5S. The first-order valence-electron chi connectivity index (χ1n) is 11.9. The van der Waals surface area contributed by atoms with Gasteiger partial charge in [0.2, 0.25) is 10.0 Å². The maximum atomic E-state index is 13.2. The van der Waals surface area contributed by atoms with E-state index in [9.17, 15) is 13.2 Å². The summed E-state index contributed by atoms with van der Waals surface area (Å²) in [6.07, 6.45) is 1.20. The minimum absolute atomic E-state index is 0.0339. The standard InChI is InChI=1S/C26H34N2O5S/c1-18-10-11-19(2)23(14-18)26(29)27-16-24(32-4)25(17-27)33-22-9-7-8-21(15-22)20(3)34(30,31)28-12-5-6-13-28/h7-11,14-15,20,24-25H,5-6,12-13,16-17H2,1-4H3/t20?,24-,25-/m1/s1. The highest BCUT2D eigenvalue weighted by molar-refractivity contribution is 7.89. The largest absolute Gasteiger partial charge is 0.486 e. The molecule has 0 aliphatic carbocycles. The van der Waals surface area contributed by atoms with Crippen LogP contribution in [0.4, 0.5) is 0 Å². The third-order valence-electron chi connectivity index (χ3n) is 6.92. The van der Waals surface area contributed by atoms with Crippen molar-refractivity contribution in [3.8, 4) is 5.75 Å². The Morgan fingerprint density at radius 1 is 1.03 bits per heavy atom. The molecule has 0 N–H and O–H groups in total. The normalized spacial score (nSPS) is 22.2. The average molecular weight is 487 g/mol. The predicted molar refractivity (Wildman–Crippen MR) is 132 cm³/mol. The number of nitrogens with zero attached hydrogens (tertiary/aromatic N) is 2. The second-order valence-corrected chi connectivity index (χ2v) is 11.6. The van der Waals surface area contributed by atoms with E-state index in [0.717, 1.165) is 24.0 Å². The molecule has 0 saturated carbocycles. The zero-order chi connectivity index (χ0) is 24.5. The van der Waals surface area contributed by atoms with Gasteiger partial charge in [-0.1, -0.05) is 29.8 Å². The Morgan fingerprint density at radius 3 is 2.44 bits per heavy atom. The highest BCUT2D eigenvalue weighted by Crippen LogP contribution is 2.31. The van der Waals surface area contributed by atoms with Gasteiger partial charge < -0.3 is 14.4 Å². The van der Waals surface area contributed by atoms with Gasteiger partial charge in [-0.15, -0.1) is 0 Å². The highest BCUT2D eigenvalue weighted by atomic mass is 32.2. The number of benzene rings is 2. The van der Waals surface area contributed by atoms with Gasteiger partial charge >= 0.3 is 0 Å². The minimum atomic E-state index is -3.41. The van der Waals surface area contributed by atoms with Gasteiger partial charge in [0.25, 0.3) is 5.91 Å². The lowest BCUT2D eigenvalue weighted by Gasteiger charge is -2.23. The van der Waals surface area contributed by atoms with Crippen LogP contribution in [0.1, 0.15) is 52.1 Å². The van der Waals surface area contributed by atoms with Gasteiger partial charge in [-0.05, 0) is 62.9 Å². The zero-order valence-corrected chi connectivity index (χ0v) is 21.2. The SMILES string of the molecule is CO[C@@H]1CN(C(=O)c2cc(C)ccc2C)C[C@H]1Oc1cccc(C(C)S(=O)(=O)N2CCCC2)c1. The van der Waals surface area contributed by atoms with Crippen LogP contribution in [-0.2, 0) is 14.8 Å². The molecule has 8 heteroatoms. The molecule has 0 bridgehead atoms. The molecule has 2 aliphatic rings. The molecule has 2 heterocycles. The maximum absolute atomic E-state index is 13.2. The van der Waals surface area contributed by atoms with Crippen molar-refractivity contribution in [1.82, 2.24) is 9.21 Å². The van der Waals surface area contributed by atoms with Crippen molar-refractivity contribution in [2.45, 2.75) is 51.1 Å². The average Bonchev–Trinajstić information content (AvgIpc) is 3.50. The van der Waals surface area contributed by atoms with Crippen molar-refractivity contribution in [2.75, 3.05) is 33.3 Å². The first kappa shape index (κ1) is 24.7. The molecule has 3 atom stereocenters. The first-order valence-corrected chi connectivity index (χ1v) is 13.4. The molecule has 2 aromatic rings. The number of ether oxygens (including phenoxy) is 2. The molecule has 0 spiro atoms. The van der Waals surface area contributed by atoms with Crippen molar-refractivity contribution in [3.05, 3.63) is 64.7 Å². The zero-order valence-electron chi connectivity index (χ0n) is 20.4. The number of hydrogen-bond donors (Lipinski definition) is 0. The number of carbonyl (C=O) groups is 1. The number of aryl methyl sites for hydroxylation is 2. The van der Waals surface area contributed by atoms with Crippen LogP contribution in [0.5, 0.6) is 5.75 Å². The summed E-state index contributed by atoms with van der Waals surface area (Å²) < 4.78 is 39.5. The molecular weight excluding hydrogens is 452 g/mol. The molecule has 4 rings (SSSR count). The summed E-state index contributed by atoms with van der Waals surface area (Å²) in [6, 6.07) is 13.1. The highest BCUT2D eigenvalue weighted by Gasteiger charge is 2.38. The summed E-state index contributed by atoms with van der Waals surface area (Å²) in [7, 11) is -1.79. The van der Waals surface area contributed by atoms with Crippen LogP contribution in [0, 0.1) is 13.8 Å². The number of likely N-dealkylation sites (tertiary alicyclic amines) is 1. The summed E-state index contributed by atoms with van der Waals surface area (Å²) in [4.78, 5) is 15.0. The summed E-state index contributed by atoms with van der Waals surface area (Å²) in [5.41, 5.74) is 3.37. The molecule has 184 valence electrons. The fraction of sp³-hybridized carbons (Fsp3) is 0.500. The Labute approximate surface area is 202 Å². The fourth-order valence-corrected chi connectivity index (χ4v) is 6.44. The molecule has 0 aromatic heterocycles. The van der Waals surface area contributed by atoms with Crippen LogP contribution in [0.3, 0.4) is 0 Å². The number of sulfonamides is 1. The van der Waals surface area contributed by atoms with Gasteiger partial charge in [-0.25, -0.2) is 12.7 Å². The Morgan fingerprint density at radius 2 is 1.74 bits per heavy atom. The summed E-state index contributed by atoms with van der Waals surface area (Å²) in [5.74, 6) is 0.544. The molecule has 2 aromatic carbocycles. The number of rotatable bonds is 7. The van der Waals surface area contributed by atoms with Gasteiger partial charge in [0, 0.05) is 25.8 Å². The van der Waals surface area contributed by atoms with Crippen molar-refractivity contribution in [2.24, 2.45) is 0 Å². The third kappa shape index (κ3) is 4.99. The second kappa shape index (κ2) is 10.1. The number of carbonyl (C=O) groups excluding carboxylic acids is 1. The van der Waals surface area contributed by atoms with Crippen LogP contribution in [0.2, 0.25) is 0 Å². The molecule has 2 saturated heterocycles. The van der Waals surface area contributed by atoms with E-state index in [4.69, 9.17) is 9.47 Å². The van der Waals surface area contributed by atoms with E-state index >= 15 is 0 Å². The Bertz CT molecular complexity index is 1140. The monoisotopic (exact) mass is 486 g/mol. The Hall–Kier alpha value is -2.42. The second-order valence-electron chi connectivity index (χ2n) is 9.32. The van der Waals surface area contributed by atoms with E-state index in [1.165, 1.54) is 0 Å². The Kier molecular flexibility index (Phi) is 7.31. The molecule has 0 radical (unpaired) electrons. The molecule has 2 aliphatic heterocycles. The van der Waals surface area contributed by atoms with Crippen LogP contribution < -0.4 is 4.74 Å². The van der Waals surface area contributed by atoms with Crippen molar-refractivity contribution < 1.29 is 22.7 Å². The van der Waals surface area contributed by atoms with Crippen LogP contribution in [-0.4, -0.2) is 69.0 Å². The van der Waals surface area contributed by atoms with E-state index in [1.54, 1.807) is 29.3 Å². The van der Waals surface area contributed by atoms with Gasteiger partial charge in [-0.3, -0.25) is 4.79 Å². The number of hydrogen-bond acceptors (Lipinski definition) is 5. The summed E-state index contributed by atoms with van der Waals surface area (Å²) in [5, 5.41) is -0.654. The molecule has 2 fully saturated rings. The van der Waals surface area contributed by atoms with E-state index in [1.807, 2.05) is 50.2 Å². The predicted octanol–water partition coefficient (Wildman–Crippen LogP) is 3.71. The Balaban J connectivity index is 1.49. The molecule has 1 unspecified atom stereocenters. The van der Waals surface area contributed by atoms with Crippen LogP contribution >= 0.6 is 0 Å². The number of amides is 1. The van der Waals surface area contributed by atoms with Gasteiger partial charge in [-0.2, -0.15) is 0 Å². The molecule has 1 amide bonds. The van der Waals surface area contributed by atoms with E-state index in [0.29, 0.717) is 43.1 Å². The maximum Gasteiger partial charge on any atom is 0.254 e. The lowest BCUT2D eigenvalue weighted by Crippen LogP contribution is -2.32. The van der Waals surface area contributed by atoms with Gasteiger partial charge in [0.05, 0.1) is 18.3 Å². The number of methoxy groups -OCH3 is 1. The van der Waals surface area contributed by atoms with Crippen molar-refractivity contribution >= 4 is 15.9 Å². The smallest absolute Gasteiger partial charge is 0.254 e. The lowest BCUT2D eigenvalue weighted by atomic mass is 10.0. The molecule has 34 heavy (non-hydrogen) atoms. The van der Waals surface area contributed by atoms with Gasteiger partial charge in [0.1, 0.15) is 18.0 Å². The van der Waals surface area contributed by atoms with E-state index < -0.39 is 15.3 Å². The lowest BCUT2D eigenvalue weighted by molar-refractivity contribution is 0.0339. The minimum Gasteiger partial charge on any atom is -0.486 e. The fourth-order valence-electron chi connectivity index (χ4n) is 4.74. The quantitative estimate of drug-likeness (QED) is 0.596. The summed E-state index contributed by atoms with van der Waals surface area (Å²) in [6.45, 7) is 7.65. The van der Waals surface area contributed by atoms with Crippen molar-refractivity contribution in [1.29, 1.82) is 0 Å². The van der Waals surface area contributed by atoms with Crippen LogP contribution in [0.25, 0.3) is 0 Å².